The minimum atomic E-state index is -0.246. The first-order valence-corrected chi connectivity index (χ1v) is 7.35. The summed E-state index contributed by atoms with van der Waals surface area (Å²) in [6, 6.07) is 12.5. The number of hydrogen-bond donors (Lipinski definition) is 2. The fourth-order valence-electron chi connectivity index (χ4n) is 2.46. The quantitative estimate of drug-likeness (QED) is 0.726. The molecular weight excluding hydrogens is 292 g/mol. The summed E-state index contributed by atoms with van der Waals surface area (Å²) < 4.78 is 7.29. The Hall–Kier alpha value is -3.02. The number of ether oxygens (including phenoxy) is 1. The van der Waals surface area contributed by atoms with Gasteiger partial charge in [-0.05, 0) is 37.3 Å². The van der Waals surface area contributed by atoms with Crippen LogP contribution in [0.2, 0.25) is 0 Å². The lowest BCUT2D eigenvalue weighted by molar-refractivity contribution is 0.102. The smallest absolute Gasteiger partial charge is 0.257 e. The van der Waals surface area contributed by atoms with E-state index in [4.69, 9.17) is 10.5 Å². The molecule has 1 amide bonds. The number of para-hydroxylation sites is 1. The Labute approximate surface area is 133 Å². The van der Waals surface area contributed by atoms with Crippen LogP contribution in [0.15, 0.2) is 42.5 Å². The zero-order valence-electron chi connectivity index (χ0n) is 13.0. The van der Waals surface area contributed by atoms with Crippen molar-refractivity contribution in [2.24, 2.45) is 7.05 Å². The molecule has 23 heavy (non-hydrogen) atoms. The Morgan fingerprint density at radius 1 is 1.30 bits per heavy atom. The lowest BCUT2D eigenvalue weighted by Crippen LogP contribution is -2.13. The Balaban J connectivity index is 1.93. The van der Waals surface area contributed by atoms with E-state index in [0.29, 0.717) is 29.4 Å². The number of nitrogens with zero attached hydrogens (tertiary/aromatic N) is 2. The Bertz CT molecular complexity index is 870. The minimum Gasteiger partial charge on any atom is -0.476 e. The maximum absolute atomic E-state index is 12.3. The van der Waals surface area contributed by atoms with Gasteiger partial charge in [-0.1, -0.05) is 12.1 Å². The number of rotatable bonds is 4. The van der Waals surface area contributed by atoms with Gasteiger partial charge in [0, 0.05) is 18.4 Å². The van der Waals surface area contributed by atoms with Crippen LogP contribution in [0.1, 0.15) is 17.3 Å². The van der Waals surface area contributed by atoms with Crippen molar-refractivity contribution in [2.75, 3.05) is 17.7 Å². The second-order valence-electron chi connectivity index (χ2n) is 5.14. The summed E-state index contributed by atoms with van der Waals surface area (Å²) in [6.07, 6.45) is 0. The number of aromatic nitrogens is 2. The van der Waals surface area contributed by atoms with E-state index in [-0.39, 0.29) is 5.91 Å². The normalized spacial score (nSPS) is 10.7. The molecule has 0 radical (unpaired) electrons. The third-order valence-corrected chi connectivity index (χ3v) is 3.56. The fourth-order valence-corrected chi connectivity index (χ4v) is 2.46. The average molecular weight is 310 g/mol. The molecule has 118 valence electrons. The highest BCUT2D eigenvalue weighted by molar-refractivity contribution is 6.08. The van der Waals surface area contributed by atoms with E-state index >= 15 is 0 Å². The number of fused-ring (bicyclic) bond motifs is 1. The van der Waals surface area contributed by atoms with Crippen LogP contribution in [0.3, 0.4) is 0 Å². The standard InChI is InChI=1S/C17H18N4O2/c1-3-23-17-13-10-11(8-9-15(13)21(2)20-17)19-16(22)12-6-4-5-7-14(12)18/h4-10H,3,18H2,1-2H3,(H,19,22). The molecule has 3 rings (SSSR count). The molecule has 0 aliphatic carbocycles. The van der Waals surface area contributed by atoms with Gasteiger partial charge >= 0.3 is 0 Å². The number of nitrogens with two attached hydrogens (primary N) is 1. The molecule has 6 heteroatoms. The van der Waals surface area contributed by atoms with Crippen molar-refractivity contribution in [3.05, 3.63) is 48.0 Å². The largest absolute Gasteiger partial charge is 0.476 e. The predicted octanol–water partition coefficient (Wildman–Crippen LogP) is 2.81. The van der Waals surface area contributed by atoms with Gasteiger partial charge in [-0.3, -0.25) is 9.48 Å². The van der Waals surface area contributed by atoms with Crippen molar-refractivity contribution in [3.63, 3.8) is 0 Å². The van der Waals surface area contributed by atoms with Crippen molar-refractivity contribution in [3.8, 4) is 5.88 Å². The fraction of sp³-hybridized carbons (Fsp3) is 0.176. The molecule has 0 unspecified atom stereocenters. The monoisotopic (exact) mass is 310 g/mol. The summed E-state index contributed by atoms with van der Waals surface area (Å²) in [7, 11) is 1.85. The van der Waals surface area contributed by atoms with Crippen LogP contribution in [0, 0.1) is 0 Å². The minimum absolute atomic E-state index is 0.246. The Morgan fingerprint density at radius 3 is 2.83 bits per heavy atom. The first-order chi connectivity index (χ1) is 11.1. The number of benzene rings is 2. The number of anilines is 2. The third kappa shape index (κ3) is 2.83. The molecule has 6 nitrogen and oxygen atoms in total. The summed E-state index contributed by atoms with van der Waals surface area (Å²) in [5.74, 6) is 0.310. The number of nitrogens with one attached hydrogen (secondary N) is 1. The zero-order chi connectivity index (χ0) is 16.4. The van der Waals surface area contributed by atoms with Gasteiger partial charge in [-0.2, -0.15) is 0 Å². The number of carbonyl (C=O) groups excluding carboxylic acids is 1. The molecule has 0 saturated heterocycles. The highest BCUT2D eigenvalue weighted by Gasteiger charge is 2.13. The van der Waals surface area contributed by atoms with E-state index in [9.17, 15) is 4.79 Å². The lowest BCUT2D eigenvalue weighted by Gasteiger charge is -2.08. The molecule has 1 heterocycles. The average Bonchev–Trinajstić information content (AvgIpc) is 2.84. The van der Waals surface area contributed by atoms with Gasteiger partial charge in [0.2, 0.25) is 5.88 Å². The van der Waals surface area contributed by atoms with Gasteiger partial charge in [0.25, 0.3) is 5.91 Å². The van der Waals surface area contributed by atoms with Crippen molar-refractivity contribution >= 4 is 28.2 Å². The number of hydrogen-bond acceptors (Lipinski definition) is 4. The van der Waals surface area contributed by atoms with Crippen LogP contribution < -0.4 is 15.8 Å². The van der Waals surface area contributed by atoms with Gasteiger partial charge < -0.3 is 15.8 Å². The van der Waals surface area contributed by atoms with Crippen molar-refractivity contribution in [2.45, 2.75) is 6.92 Å². The van der Waals surface area contributed by atoms with Crippen molar-refractivity contribution in [1.82, 2.24) is 9.78 Å². The highest BCUT2D eigenvalue weighted by atomic mass is 16.5. The van der Waals surface area contributed by atoms with E-state index in [1.54, 1.807) is 28.9 Å². The molecule has 1 aromatic heterocycles. The first kappa shape index (κ1) is 14.9. The number of carbonyl (C=O) groups is 1. The van der Waals surface area contributed by atoms with Crippen LogP contribution in [0.4, 0.5) is 11.4 Å². The van der Waals surface area contributed by atoms with E-state index in [1.807, 2.05) is 32.2 Å². The van der Waals surface area contributed by atoms with Crippen LogP contribution in [-0.4, -0.2) is 22.3 Å². The van der Waals surface area contributed by atoms with Crippen LogP contribution in [0.5, 0.6) is 5.88 Å². The second-order valence-corrected chi connectivity index (χ2v) is 5.14. The van der Waals surface area contributed by atoms with Crippen molar-refractivity contribution in [1.29, 1.82) is 0 Å². The molecule has 0 aliphatic rings. The molecule has 0 atom stereocenters. The molecule has 3 aromatic rings. The molecule has 2 aromatic carbocycles. The molecular formula is C17H18N4O2. The number of nitrogen functional groups attached to an aromatic ring is 1. The molecule has 0 fully saturated rings. The van der Waals surface area contributed by atoms with Crippen LogP contribution in [0.25, 0.3) is 10.9 Å². The molecule has 0 bridgehead atoms. The van der Waals surface area contributed by atoms with Gasteiger partial charge in [-0.25, -0.2) is 0 Å². The molecule has 0 aliphatic heterocycles. The summed E-state index contributed by atoms with van der Waals surface area (Å²) in [4.78, 5) is 12.3. The van der Waals surface area contributed by atoms with E-state index < -0.39 is 0 Å². The van der Waals surface area contributed by atoms with Crippen LogP contribution in [-0.2, 0) is 7.05 Å². The topological polar surface area (TPSA) is 82.2 Å². The number of aryl methyl sites for hydroxylation is 1. The van der Waals surface area contributed by atoms with Gasteiger partial charge in [0.1, 0.15) is 0 Å². The first-order valence-electron chi connectivity index (χ1n) is 7.35. The molecule has 3 N–H and O–H groups in total. The predicted molar refractivity (Wildman–Crippen MR) is 90.7 cm³/mol. The van der Waals surface area contributed by atoms with Crippen LogP contribution >= 0.6 is 0 Å². The van der Waals surface area contributed by atoms with E-state index in [1.165, 1.54) is 0 Å². The second kappa shape index (κ2) is 6.00. The van der Waals surface area contributed by atoms with Gasteiger partial charge in [-0.15, -0.1) is 5.10 Å². The molecule has 0 saturated carbocycles. The van der Waals surface area contributed by atoms with E-state index in [2.05, 4.69) is 10.4 Å². The summed E-state index contributed by atoms with van der Waals surface area (Å²) in [5, 5.41) is 8.05. The Kier molecular flexibility index (Phi) is 3.89. The SMILES string of the molecule is CCOc1nn(C)c2ccc(NC(=O)c3ccccc3N)cc12. The van der Waals surface area contributed by atoms with Crippen molar-refractivity contribution < 1.29 is 9.53 Å². The van der Waals surface area contributed by atoms with E-state index in [0.717, 1.165) is 10.9 Å². The summed E-state index contributed by atoms with van der Waals surface area (Å²) in [5.41, 5.74) is 8.34. The number of amides is 1. The third-order valence-electron chi connectivity index (χ3n) is 3.56. The van der Waals surface area contributed by atoms with Gasteiger partial charge in [0.15, 0.2) is 0 Å². The summed E-state index contributed by atoms with van der Waals surface area (Å²) in [6.45, 7) is 2.44. The summed E-state index contributed by atoms with van der Waals surface area (Å²) >= 11 is 0. The van der Waals surface area contributed by atoms with Gasteiger partial charge in [0.05, 0.1) is 23.1 Å². The highest BCUT2D eigenvalue weighted by Crippen LogP contribution is 2.27. The molecule has 0 spiro atoms. The lowest BCUT2D eigenvalue weighted by atomic mass is 10.1. The zero-order valence-corrected chi connectivity index (χ0v) is 13.0. The maximum Gasteiger partial charge on any atom is 0.257 e. The maximum atomic E-state index is 12.3. The Morgan fingerprint density at radius 2 is 2.09 bits per heavy atom.